The molecular formula is C28H24N4O3. The summed E-state index contributed by atoms with van der Waals surface area (Å²) in [5, 5.41) is 9.66. The van der Waals surface area contributed by atoms with E-state index in [1.807, 2.05) is 61.8 Å². The zero-order valence-corrected chi connectivity index (χ0v) is 19.4. The summed E-state index contributed by atoms with van der Waals surface area (Å²) in [6.45, 7) is 1.90. The molecule has 0 radical (unpaired) electrons. The molecule has 35 heavy (non-hydrogen) atoms. The average molecular weight is 465 g/mol. The van der Waals surface area contributed by atoms with Gasteiger partial charge < -0.3 is 10.1 Å². The highest BCUT2D eigenvalue weighted by Gasteiger charge is 2.19. The smallest absolute Gasteiger partial charge is 0.337 e. The second-order valence-corrected chi connectivity index (χ2v) is 8.39. The maximum atomic E-state index is 13.3. The molecule has 0 spiro atoms. The summed E-state index contributed by atoms with van der Waals surface area (Å²) in [6, 6.07) is 20.8. The van der Waals surface area contributed by atoms with Gasteiger partial charge in [0, 0.05) is 29.9 Å². The van der Waals surface area contributed by atoms with Gasteiger partial charge in [-0.25, -0.2) is 9.31 Å². The van der Waals surface area contributed by atoms with Crippen LogP contribution in [0.2, 0.25) is 0 Å². The molecule has 0 unspecified atom stereocenters. The maximum Gasteiger partial charge on any atom is 0.337 e. The van der Waals surface area contributed by atoms with E-state index < -0.39 is 5.97 Å². The molecule has 2 aromatic carbocycles. The molecule has 0 aliphatic heterocycles. The number of carbonyl (C=O) groups excluding carboxylic acids is 2. The second kappa shape index (κ2) is 9.38. The minimum absolute atomic E-state index is 0.219. The van der Waals surface area contributed by atoms with Crippen LogP contribution in [-0.4, -0.2) is 33.6 Å². The van der Waals surface area contributed by atoms with Gasteiger partial charge in [0.05, 0.1) is 36.0 Å². The molecule has 5 aromatic rings. The van der Waals surface area contributed by atoms with E-state index in [1.54, 1.807) is 22.8 Å². The SMILES string of the molecule is COC(=O)c1ccc([C@H](C)NC(=O)c2cnn3cccc(Cc4cc5ccccc5cn4)c23)cc1. The largest absolute Gasteiger partial charge is 0.465 e. The lowest BCUT2D eigenvalue weighted by Crippen LogP contribution is -2.26. The van der Waals surface area contributed by atoms with Crippen LogP contribution in [0.1, 0.15) is 50.5 Å². The van der Waals surface area contributed by atoms with E-state index in [2.05, 4.69) is 27.5 Å². The monoisotopic (exact) mass is 464 g/mol. The van der Waals surface area contributed by atoms with Crippen molar-refractivity contribution in [2.24, 2.45) is 0 Å². The molecule has 7 heteroatoms. The number of esters is 1. The first-order chi connectivity index (χ1) is 17.0. The standard InChI is InChI=1S/C28H24N4O3/c1-18(19-9-11-20(12-10-19)28(34)35-2)31-27(33)25-17-30-32-13-5-8-22(26(25)32)15-24-14-21-6-3-4-7-23(21)16-29-24/h3-14,16-18H,15H2,1-2H3,(H,31,33)/t18-/m0/s1. The molecule has 1 N–H and O–H groups in total. The van der Waals surface area contributed by atoms with Gasteiger partial charge >= 0.3 is 5.97 Å². The van der Waals surface area contributed by atoms with Gasteiger partial charge in [-0.3, -0.25) is 9.78 Å². The highest BCUT2D eigenvalue weighted by Crippen LogP contribution is 2.22. The number of fused-ring (bicyclic) bond motifs is 2. The predicted molar refractivity (Wildman–Crippen MR) is 133 cm³/mol. The van der Waals surface area contributed by atoms with Gasteiger partial charge in [-0.1, -0.05) is 42.5 Å². The topological polar surface area (TPSA) is 85.6 Å². The number of hydrogen-bond donors (Lipinski definition) is 1. The Morgan fingerprint density at radius 3 is 2.54 bits per heavy atom. The number of nitrogens with one attached hydrogen (secondary N) is 1. The Hall–Kier alpha value is -4.52. The zero-order chi connectivity index (χ0) is 24.4. The average Bonchev–Trinajstić information content (AvgIpc) is 3.34. The number of benzene rings is 2. The van der Waals surface area contributed by atoms with Crippen LogP contribution in [0.15, 0.2) is 85.3 Å². The second-order valence-electron chi connectivity index (χ2n) is 8.39. The van der Waals surface area contributed by atoms with Gasteiger partial charge in [-0.2, -0.15) is 5.10 Å². The first-order valence-electron chi connectivity index (χ1n) is 11.3. The van der Waals surface area contributed by atoms with Crippen molar-refractivity contribution in [2.45, 2.75) is 19.4 Å². The third kappa shape index (κ3) is 4.48. The Bertz CT molecular complexity index is 1540. The van der Waals surface area contributed by atoms with Crippen molar-refractivity contribution < 1.29 is 14.3 Å². The third-order valence-electron chi connectivity index (χ3n) is 6.11. The molecule has 7 nitrogen and oxygen atoms in total. The number of hydrogen-bond acceptors (Lipinski definition) is 5. The summed E-state index contributed by atoms with van der Waals surface area (Å²) in [4.78, 5) is 29.5. The molecule has 0 aliphatic carbocycles. The minimum Gasteiger partial charge on any atom is -0.465 e. The molecule has 0 aliphatic rings. The molecule has 5 rings (SSSR count). The van der Waals surface area contributed by atoms with Crippen LogP contribution in [0.25, 0.3) is 16.3 Å². The van der Waals surface area contributed by atoms with Crippen molar-refractivity contribution in [3.63, 3.8) is 0 Å². The van der Waals surface area contributed by atoms with Crippen LogP contribution in [0.3, 0.4) is 0 Å². The summed E-state index contributed by atoms with van der Waals surface area (Å²) in [6.07, 6.45) is 5.88. The number of carbonyl (C=O) groups is 2. The fourth-order valence-electron chi connectivity index (χ4n) is 4.23. The van der Waals surface area contributed by atoms with E-state index in [4.69, 9.17) is 4.74 Å². The number of methoxy groups -OCH3 is 1. The Kier molecular flexibility index (Phi) is 5.97. The number of amides is 1. The van der Waals surface area contributed by atoms with Gasteiger partial charge in [0.2, 0.25) is 0 Å². The molecular weight excluding hydrogens is 440 g/mol. The summed E-state index contributed by atoms with van der Waals surface area (Å²) < 4.78 is 6.47. The van der Waals surface area contributed by atoms with Crippen LogP contribution >= 0.6 is 0 Å². The van der Waals surface area contributed by atoms with Gasteiger partial charge in [0.15, 0.2) is 0 Å². The Morgan fingerprint density at radius 2 is 1.77 bits per heavy atom. The van der Waals surface area contributed by atoms with Crippen LogP contribution in [0, 0.1) is 0 Å². The summed E-state index contributed by atoms with van der Waals surface area (Å²) in [5.74, 6) is -0.614. The molecule has 1 atom stereocenters. The number of rotatable bonds is 6. The number of aromatic nitrogens is 3. The highest BCUT2D eigenvalue weighted by atomic mass is 16.5. The summed E-state index contributed by atoms with van der Waals surface area (Å²) in [7, 11) is 1.35. The van der Waals surface area contributed by atoms with Gasteiger partial charge in [-0.05, 0) is 47.7 Å². The van der Waals surface area contributed by atoms with Gasteiger partial charge in [0.25, 0.3) is 5.91 Å². The van der Waals surface area contributed by atoms with E-state index in [0.717, 1.165) is 33.1 Å². The first-order valence-corrected chi connectivity index (χ1v) is 11.3. The van der Waals surface area contributed by atoms with Gasteiger partial charge in [0.1, 0.15) is 0 Å². The molecule has 3 heterocycles. The number of pyridine rings is 2. The van der Waals surface area contributed by atoms with E-state index in [0.29, 0.717) is 17.5 Å². The van der Waals surface area contributed by atoms with E-state index in [-0.39, 0.29) is 11.9 Å². The minimum atomic E-state index is -0.395. The molecule has 174 valence electrons. The first kappa shape index (κ1) is 22.3. The quantitative estimate of drug-likeness (QED) is 0.367. The normalized spacial score (nSPS) is 11.9. The lowest BCUT2D eigenvalue weighted by atomic mass is 10.0. The molecule has 0 saturated heterocycles. The van der Waals surface area contributed by atoms with Crippen molar-refractivity contribution in [1.29, 1.82) is 0 Å². The van der Waals surface area contributed by atoms with Crippen molar-refractivity contribution in [2.75, 3.05) is 7.11 Å². The van der Waals surface area contributed by atoms with Crippen molar-refractivity contribution in [1.82, 2.24) is 19.9 Å². The van der Waals surface area contributed by atoms with Crippen molar-refractivity contribution in [3.05, 3.63) is 113 Å². The molecule has 3 aromatic heterocycles. The van der Waals surface area contributed by atoms with Crippen LogP contribution in [0.5, 0.6) is 0 Å². The van der Waals surface area contributed by atoms with Crippen molar-refractivity contribution >= 4 is 28.2 Å². The molecule has 1 amide bonds. The van der Waals surface area contributed by atoms with Crippen LogP contribution in [-0.2, 0) is 11.2 Å². The highest BCUT2D eigenvalue weighted by molar-refractivity contribution is 6.01. The third-order valence-corrected chi connectivity index (χ3v) is 6.11. The molecule has 0 saturated carbocycles. The Balaban J connectivity index is 1.40. The molecule has 0 bridgehead atoms. The van der Waals surface area contributed by atoms with Crippen LogP contribution in [0.4, 0.5) is 0 Å². The summed E-state index contributed by atoms with van der Waals surface area (Å²) in [5.41, 5.74) is 4.48. The van der Waals surface area contributed by atoms with E-state index in [9.17, 15) is 9.59 Å². The number of ether oxygens (including phenoxy) is 1. The molecule has 0 fully saturated rings. The zero-order valence-electron chi connectivity index (χ0n) is 19.4. The van der Waals surface area contributed by atoms with Gasteiger partial charge in [-0.15, -0.1) is 0 Å². The van der Waals surface area contributed by atoms with E-state index in [1.165, 1.54) is 7.11 Å². The lowest BCUT2D eigenvalue weighted by molar-refractivity contribution is 0.0600. The Morgan fingerprint density at radius 1 is 1.00 bits per heavy atom. The fourth-order valence-corrected chi connectivity index (χ4v) is 4.23. The Labute approximate surface area is 202 Å². The number of nitrogens with zero attached hydrogens (tertiary/aromatic N) is 3. The van der Waals surface area contributed by atoms with E-state index >= 15 is 0 Å². The predicted octanol–water partition coefficient (Wildman–Crippen LogP) is 4.75. The maximum absolute atomic E-state index is 13.3. The summed E-state index contributed by atoms with van der Waals surface area (Å²) >= 11 is 0. The lowest BCUT2D eigenvalue weighted by Gasteiger charge is -2.15. The fraction of sp³-hybridized carbons (Fsp3) is 0.143. The van der Waals surface area contributed by atoms with Crippen LogP contribution < -0.4 is 5.32 Å². The van der Waals surface area contributed by atoms with Crippen molar-refractivity contribution in [3.8, 4) is 0 Å².